The van der Waals surface area contributed by atoms with Gasteiger partial charge in [-0.2, -0.15) is 0 Å². The van der Waals surface area contributed by atoms with Crippen LogP contribution in [0.2, 0.25) is 0 Å². The molecular formula is C25H29N5O5S2. The van der Waals surface area contributed by atoms with Gasteiger partial charge in [0.25, 0.3) is 5.91 Å². The Bertz CT molecular complexity index is 1360. The van der Waals surface area contributed by atoms with Crippen LogP contribution >= 0.6 is 11.3 Å². The minimum atomic E-state index is -3.35. The summed E-state index contributed by atoms with van der Waals surface area (Å²) in [6, 6.07) is 6.13. The van der Waals surface area contributed by atoms with Crippen molar-refractivity contribution in [3.63, 3.8) is 0 Å². The third kappa shape index (κ3) is 6.53. The van der Waals surface area contributed by atoms with E-state index in [0.717, 1.165) is 0 Å². The monoisotopic (exact) mass is 543 g/mol. The van der Waals surface area contributed by atoms with Crippen molar-refractivity contribution in [3.05, 3.63) is 53.9 Å². The van der Waals surface area contributed by atoms with Crippen molar-refractivity contribution in [1.82, 2.24) is 9.88 Å². The van der Waals surface area contributed by atoms with Crippen molar-refractivity contribution >= 4 is 48.8 Å². The van der Waals surface area contributed by atoms with Gasteiger partial charge in [0.1, 0.15) is 10.8 Å². The van der Waals surface area contributed by atoms with E-state index in [-0.39, 0.29) is 22.0 Å². The Morgan fingerprint density at radius 2 is 2.03 bits per heavy atom. The molecule has 1 aromatic heterocycles. The molecule has 2 aromatic rings. The summed E-state index contributed by atoms with van der Waals surface area (Å²) < 4.78 is 30.4. The largest absolute Gasteiger partial charge is 0.389 e. The highest BCUT2D eigenvalue weighted by atomic mass is 32.2. The number of benzene rings is 1. The number of amides is 1. The van der Waals surface area contributed by atoms with Crippen LogP contribution in [0.15, 0.2) is 57.7 Å². The first-order valence-corrected chi connectivity index (χ1v) is 14.1. The molecular weight excluding hydrogens is 514 g/mol. The Hall–Kier alpha value is -3.31. The van der Waals surface area contributed by atoms with E-state index < -0.39 is 15.7 Å². The minimum absolute atomic E-state index is 0.00347. The van der Waals surface area contributed by atoms with Gasteiger partial charge in [0, 0.05) is 32.2 Å². The van der Waals surface area contributed by atoms with Gasteiger partial charge in [-0.05, 0) is 31.9 Å². The fraction of sp³-hybridized carbons (Fsp3) is 0.400. The summed E-state index contributed by atoms with van der Waals surface area (Å²) >= 11 is 1.21. The Morgan fingerprint density at radius 3 is 2.62 bits per heavy atom. The predicted octanol–water partition coefficient (Wildman–Crippen LogP) is 3.47. The molecule has 1 amide bonds. The van der Waals surface area contributed by atoms with Crippen LogP contribution in [-0.2, 0) is 24.2 Å². The van der Waals surface area contributed by atoms with E-state index in [2.05, 4.69) is 32.8 Å². The molecule has 37 heavy (non-hydrogen) atoms. The first-order valence-electron chi connectivity index (χ1n) is 11.8. The van der Waals surface area contributed by atoms with Gasteiger partial charge in [-0.15, -0.1) is 5.73 Å². The van der Waals surface area contributed by atoms with Gasteiger partial charge in [-0.1, -0.05) is 35.2 Å². The molecule has 0 spiro atoms. The number of amidine groups is 1. The first kappa shape index (κ1) is 26.7. The molecule has 2 aliphatic rings. The smallest absolute Gasteiger partial charge is 0.280 e. The SMILES string of the molecule is C=C=CC(=Nc1sc(NC(=O)/C(=N/O[C@@H]2CCOC2)c2ccc(S(=O)(=O)C3CC3)cc2)nc1C)N(C)C. The summed E-state index contributed by atoms with van der Waals surface area (Å²) in [4.78, 5) is 29.9. The number of aliphatic imine (C=N–C) groups is 1. The molecule has 10 nitrogen and oxygen atoms in total. The fourth-order valence-electron chi connectivity index (χ4n) is 3.48. The van der Waals surface area contributed by atoms with Crippen LogP contribution in [0.25, 0.3) is 0 Å². The zero-order valence-electron chi connectivity index (χ0n) is 20.9. The summed E-state index contributed by atoms with van der Waals surface area (Å²) in [5.74, 6) is 0.0927. The van der Waals surface area contributed by atoms with Gasteiger partial charge >= 0.3 is 0 Å². The van der Waals surface area contributed by atoms with Gasteiger partial charge < -0.3 is 14.5 Å². The quantitative estimate of drug-likeness (QED) is 0.222. The van der Waals surface area contributed by atoms with E-state index in [1.807, 2.05) is 19.0 Å². The number of oxime groups is 1. The van der Waals surface area contributed by atoms with Crippen molar-refractivity contribution < 1.29 is 22.8 Å². The highest BCUT2D eigenvalue weighted by Crippen LogP contribution is 2.34. The van der Waals surface area contributed by atoms with Gasteiger partial charge in [-0.25, -0.2) is 18.4 Å². The minimum Gasteiger partial charge on any atom is -0.389 e. The molecule has 4 rings (SSSR count). The summed E-state index contributed by atoms with van der Waals surface area (Å²) in [5.41, 5.74) is 3.78. The molecule has 196 valence electrons. The van der Waals surface area contributed by atoms with E-state index >= 15 is 0 Å². The van der Waals surface area contributed by atoms with Gasteiger partial charge in [0.15, 0.2) is 26.8 Å². The number of carbonyl (C=O) groups is 1. The molecule has 0 unspecified atom stereocenters. The summed E-state index contributed by atoms with van der Waals surface area (Å²) in [6.45, 7) is 6.34. The van der Waals surface area contributed by atoms with Crippen molar-refractivity contribution in [2.75, 3.05) is 32.6 Å². The van der Waals surface area contributed by atoms with E-state index in [9.17, 15) is 13.2 Å². The Labute approximate surface area is 220 Å². The number of nitrogens with one attached hydrogen (secondary N) is 1. The Kier molecular flexibility index (Phi) is 8.23. The fourth-order valence-corrected chi connectivity index (χ4v) is 5.98. The van der Waals surface area contributed by atoms with Crippen LogP contribution in [-0.4, -0.2) is 74.4 Å². The Balaban J connectivity index is 1.59. The van der Waals surface area contributed by atoms with Crippen LogP contribution in [0, 0.1) is 6.92 Å². The predicted molar refractivity (Wildman–Crippen MR) is 143 cm³/mol. The van der Waals surface area contributed by atoms with Gasteiger partial charge in [0.2, 0.25) is 0 Å². The van der Waals surface area contributed by atoms with Crippen LogP contribution < -0.4 is 5.32 Å². The molecule has 1 aliphatic carbocycles. The first-order chi connectivity index (χ1) is 17.7. The van der Waals surface area contributed by atoms with E-state index in [0.29, 0.717) is 59.7 Å². The molecule has 2 fully saturated rings. The van der Waals surface area contributed by atoms with E-state index in [4.69, 9.17) is 9.57 Å². The second kappa shape index (κ2) is 11.4. The average Bonchev–Trinajstić information content (AvgIpc) is 3.51. The molecule has 1 aromatic carbocycles. The maximum atomic E-state index is 13.3. The maximum absolute atomic E-state index is 13.3. The number of nitrogens with zero attached hydrogens (tertiary/aromatic N) is 4. The number of rotatable bonds is 9. The molecule has 2 heterocycles. The number of hydrogen-bond donors (Lipinski definition) is 1. The van der Waals surface area contributed by atoms with Crippen molar-refractivity contribution in [3.8, 4) is 0 Å². The number of carbonyl (C=O) groups excluding carboxylic acids is 1. The van der Waals surface area contributed by atoms with E-state index in [1.165, 1.54) is 23.5 Å². The average molecular weight is 544 g/mol. The highest BCUT2D eigenvalue weighted by Gasteiger charge is 2.36. The number of anilines is 1. The maximum Gasteiger partial charge on any atom is 0.280 e. The van der Waals surface area contributed by atoms with Crippen LogP contribution in [0.5, 0.6) is 0 Å². The topological polar surface area (TPSA) is 123 Å². The second-order valence-electron chi connectivity index (χ2n) is 8.88. The molecule has 0 bridgehead atoms. The number of aromatic nitrogens is 1. The van der Waals surface area contributed by atoms with Crippen LogP contribution in [0.1, 0.15) is 30.5 Å². The third-order valence-electron chi connectivity index (χ3n) is 5.71. The summed E-state index contributed by atoms with van der Waals surface area (Å²) in [5, 5.41) is 7.55. The van der Waals surface area contributed by atoms with Gasteiger partial charge in [-0.3, -0.25) is 10.1 Å². The lowest BCUT2D eigenvalue weighted by Crippen LogP contribution is -2.25. The number of thiazole rings is 1. The standard InChI is InChI=1S/C25H29N5O5S2/c1-5-6-21(30(3)4)27-24-16(2)26-25(36-24)28-23(31)22(29-35-18-13-14-34-15-18)17-7-9-19(10-8-17)37(32,33)20-11-12-20/h6-10,18,20H,1,11-15H2,2-4H3,(H,26,28,31)/b27-21?,29-22+/t18-/m1/s1. The molecule has 12 heteroatoms. The lowest BCUT2D eigenvalue weighted by atomic mass is 10.1. The molecule has 1 atom stereocenters. The van der Waals surface area contributed by atoms with Crippen LogP contribution in [0.3, 0.4) is 0 Å². The lowest BCUT2D eigenvalue weighted by molar-refractivity contribution is -0.110. The van der Waals surface area contributed by atoms with E-state index in [1.54, 1.807) is 25.1 Å². The van der Waals surface area contributed by atoms with Crippen LogP contribution in [0.4, 0.5) is 10.1 Å². The van der Waals surface area contributed by atoms with Gasteiger partial charge in [0.05, 0.1) is 29.1 Å². The number of aryl methyl sites for hydroxylation is 1. The summed E-state index contributed by atoms with van der Waals surface area (Å²) in [7, 11) is 0.356. The van der Waals surface area contributed by atoms with Crippen molar-refractivity contribution in [2.45, 2.75) is 42.4 Å². The highest BCUT2D eigenvalue weighted by molar-refractivity contribution is 7.92. The Morgan fingerprint density at radius 1 is 1.30 bits per heavy atom. The number of likely N-dealkylation sites (N-methyl/N-ethyl adjacent to an activating group) is 1. The summed E-state index contributed by atoms with van der Waals surface area (Å²) in [6.07, 6.45) is 3.41. The number of sulfone groups is 1. The lowest BCUT2D eigenvalue weighted by Gasteiger charge is -2.10. The second-order valence-corrected chi connectivity index (χ2v) is 12.1. The zero-order chi connectivity index (χ0) is 26.6. The number of ether oxygens (including phenoxy) is 1. The molecule has 1 aliphatic heterocycles. The zero-order valence-corrected chi connectivity index (χ0v) is 22.6. The third-order valence-corrected chi connectivity index (χ3v) is 8.96. The molecule has 1 saturated heterocycles. The molecule has 0 radical (unpaired) electrons. The molecule has 1 saturated carbocycles. The van der Waals surface area contributed by atoms with Crippen molar-refractivity contribution in [1.29, 1.82) is 0 Å². The molecule has 1 N–H and O–H groups in total. The van der Waals surface area contributed by atoms with Crippen molar-refractivity contribution in [2.24, 2.45) is 10.1 Å². The normalized spacial score (nSPS) is 18.3. The number of hydrogen-bond acceptors (Lipinski definition) is 9.